The molecule has 1 saturated carbocycles. The fraction of sp³-hybridized carbons (Fsp3) is 0.286. The van der Waals surface area contributed by atoms with Gasteiger partial charge in [0.2, 0.25) is 0 Å². The third-order valence-electron chi connectivity index (χ3n) is 7.48. The second-order valence-electron chi connectivity index (χ2n) is 9.43. The van der Waals surface area contributed by atoms with E-state index in [1.54, 1.807) is 67.6 Å². The first-order chi connectivity index (χ1) is 17.5. The lowest BCUT2D eigenvalue weighted by Crippen LogP contribution is -2.71. The van der Waals surface area contributed by atoms with Crippen molar-refractivity contribution < 1.29 is 31.1 Å². The highest BCUT2D eigenvalue weighted by atomic mass is 32.2. The van der Waals surface area contributed by atoms with Gasteiger partial charge in [-0.1, -0.05) is 78.4 Å². The van der Waals surface area contributed by atoms with Crippen molar-refractivity contribution in [3.8, 4) is 0 Å². The van der Waals surface area contributed by atoms with Gasteiger partial charge in [0, 0.05) is 11.8 Å². The van der Waals surface area contributed by atoms with Crippen molar-refractivity contribution in [1.82, 2.24) is 0 Å². The molecule has 1 aliphatic carbocycles. The van der Waals surface area contributed by atoms with Crippen molar-refractivity contribution in [1.29, 1.82) is 0 Å². The second kappa shape index (κ2) is 8.83. The number of methoxy groups -OCH3 is 1. The van der Waals surface area contributed by atoms with Gasteiger partial charge in [-0.25, -0.2) is 8.42 Å². The summed E-state index contributed by atoms with van der Waals surface area (Å²) in [6.45, 7) is 1.79. The van der Waals surface area contributed by atoms with Gasteiger partial charge in [-0.05, 0) is 30.2 Å². The lowest BCUT2D eigenvalue weighted by molar-refractivity contribution is -0.252. The van der Waals surface area contributed by atoms with E-state index in [9.17, 15) is 13.2 Å². The van der Waals surface area contributed by atoms with Gasteiger partial charge in [-0.15, -0.1) is 0 Å². The van der Waals surface area contributed by atoms with Gasteiger partial charge in [0.15, 0.2) is 15.4 Å². The van der Waals surface area contributed by atoms with E-state index >= 15 is 13.2 Å². The number of hydrogen-bond acceptors (Lipinski definition) is 5. The number of sulfone groups is 1. The average Bonchev–Trinajstić information content (AvgIpc) is 3.18. The Morgan fingerprint density at radius 1 is 0.919 bits per heavy atom. The molecule has 1 heterocycles. The third-order valence-corrected chi connectivity index (χ3v) is 9.59. The summed E-state index contributed by atoms with van der Waals surface area (Å²) >= 11 is 0. The Balaban J connectivity index is 1.81. The molecule has 0 spiro atoms. The molecule has 3 aromatic rings. The lowest BCUT2D eigenvalue weighted by atomic mass is 9.49. The van der Waals surface area contributed by atoms with E-state index in [1.165, 1.54) is 24.3 Å². The van der Waals surface area contributed by atoms with Crippen LogP contribution in [0.2, 0.25) is 0 Å². The first kappa shape index (κ1) is 25.2. The van der Waals surface area contributed by atoms with E-state index in [-0.39, 0.29) is 16.2 Å². The Kier molecular flexibility index (Phi) is 6.02. The largest absolute Gasteiger partial charge is 0.469 e. The highest BCUT2D eigenvalue weighted by Gasteiger charge is 2.82. The highest BCUT2D eigenvalue weighted by molar-refractivity contribution is 7.93. The Bertz CT molecular complexity index is 1450. The molecule has 0 N–H and O–H groups in total. The number of aliphatic imine (C=N–C) groups is 1. The van der Waals surface area contributed by atoms with Crippen LogP contribution in [0.4, 0.5) is 13.2 Å². The molecule has 0 unspecified atom stereocenters. The molecule has 9 heteroatoms. The van der Waals surface area contributed by atoms with Crippen LogP contribution in [0.15, 0.2) is 94.8 Å². The second-order valence-corrected chi connectivity index (χ2v) is 11.5. The molecule has 0 saturated heterocycles. The summed E-state index contributed by atoms with van der Waals surface area (Å²) in [6, 6.07) is 22.2. The zero-order chi connectivity index (χ0) is 26.6. The smallest absolute Gasteiger partial charge is 0.414 e. The number of esters is 1. The maximum Gasteiger partial charge on any atom is 0.414 e. The number of carbonyl (C=O) groups excluding carboxylic acids is 1. The Hall–Kier alpha value is -3.46. The van der Waals surface area contributed by atoms with Gasteiger partial charge < -0.3 is 4.74 Å². The number of halogens is 3. The summed E-state index contributed by atoms with van der Waals surface area (Å²) in [6.07, 6.45) is -5.01. The van der Waals surface area contributed by atoms with Crippen molar-refractivity contribution >= 4 is 21.5 Å². The topological polar surface area (TPSA) is 72.8 Å². The van der Waals surface area contributed by atoms with Crippen LogP contribution in [0.1, 0.15) is 22.6 Å². The van der Waals surface area contributed by atoms with Crippen LogP contribution in [0, 0.1) is 18.8 Å². The summed E-state index contributed by atoms with van der Waals surface area (Å²) in [7, 11) is -3.33. The SMILES string of the molecule is COC(=O)[C@@H]1[C@@H](c2ccccc2)[C@@H]2[C@@H](S(=O)(=O)c3ccc(C)cc3)C(c3ccccc3)=N[C@@]21C(F)(F)F. The van der Waals surface area contributed by atoms with Gasteiger partial charge in [0.1, 0.15) is 5.25 Å². The zero-order valence-corrected chi connectivity index (χ0v) is 20.8. The molecule has 192 valence electrons. The molecule has 5 rings (SSSR count). The van der Waals surface area contributed by atoms with Crippen molar-refractivity contribution in [3.05, 3.63) is 102 Å². The van der Waals surface area contributed by atoms with Gasteiger partial charge in [-0.2, -0.15) is 13.2 Å². The summed E-state index contributed by atoms with van der Waals surface area (Å²) in [5, 5.41) is -1.63. The Labute approximate surface area is 212 Å². The van der Waals surface area contributed by atoms with E-state index in [2.05, 4.69) is 4.99 Å². The molecule has 0 amide bonds. The predicted octanol–water partition coefficient (Wildman–Crippen LogP) is 5.14. The van der Waals surface area contributed by atoms with Crippen molar-refractivity contribution in [2.24, 2.45) is 16.8 Å². The molecular formula is C28H24F3NO4S. The van der Waals surface area contributed by atoms with E-state index in [1.807, 2.05) is 0 Å². The van der Waals surface area contributed by atoms with Crippen LogP contribution in [-0.4, -0.2) is 44.2 Å². The molecular weight excluding hydrogens is 503 g/mol. The van der Waals surface area contributed by atoms with Crippen LogP contribution in [0.5, 0.6) is 0 Å². The van der Waals surface area contributed by atoms with Gasteiger partial charge >= 0.3 is 12.1 Å². The molecule has 5 atom stereocenters. The van der Waals surface area contributed by atoms with Gasteiger partial charge in [-0.3, -0.25) is 9.79 Å². The van der Waals surface area contributed by atoms with Crippen LogP contribution >= 0.6 is 0 Å². The minimum absolute atomic E-state index is 0.0990. The van der Waals surface area contributed by atoms with Gasteiger partial charge in [0.25, 0.3) is 0 Å². The number of carbonyl (C=O) groups is 1. The maximum atomic E-state index is 15.1. The summed E-state index contributed by atoms with van der Waals surface area (Å²) in [5.41, 5.74) is -1.65. The van der Waals surface area contributed by atoms with Crippen LogP contribution < -0.4 is 0 Å². The quantitative estimate of drug-likeness (QED) is 0.431. The highest BCUT2D eigenvalue weighted by Crippen LogP contribution is 2.68. The fourth-order valence-corrected chi connectivity index (χ4v) is 7.90. The Morgan fingerprint density at radius 3 is 2.03 bits per heavy atom. The van der Waals surface area contributed by atoms with E-state index in [0.717, 1.165) is 12.7 Å². The van der Waals surface area contributed by atoms with Crippen LogP contribution in [0.25, 0.3) is 0 Å². The summed E-state index contributed by atoms with van der Waals surface area (Å²) in [5.74, 6) is -5.46. The number of nitrogens with zero attached hydrogens (tertiary/aromatic N) is 1. The predicted molar refractivity (Wildman–Crippen MR) is 132 cm³/mol. The number of benzene rings is 3. The van der Waals surface area contributed by atoms with Crippen LogP contribution in [0.3, 0.4) is 0 Å². The normalized spacial score (nSPS) is 27.1. The van der Waals surface area contributed by atoms with Crippen molar-refractivity contribution in [2.45, 2.75) is 34.7 Å². The lowest BCUT2D eigenvalue weighted by Gasteiger charge is -2.56. The molecule has 0 radical (unpaired) electrons. The monoisotopic (exact) mass is 527 g/mol. The molecule has 0 bridgehead atoms. The number of hydrogen-bond donors (Lipinski definition) is 0. The number of ether oxygens (including phenoxy) is 1. The maximum absolute atomic E-state index is 15.1. The Morgan fingerprint density at radius 2 is 1.49 bits per heavy atom. The van der Waals surface area contributed by atoms with Gasteiger partial charge in [0.05, 0.1) is 23.6 Å². The number of aryl methyl sites for hydroxylation is 1. The molecule has 3 aromatic carbocycles. The standard InChI is InChI=1S/C28H24F3NO4S/c1-17-13-15-20(16-14-17)37(34,35)25-22-21(18-9-5-3-6-10-18)23(26(33)36-2)27(22,28(29,30)31)32-24(25)19-11-7-4-8-12-19/h3-16,21-23,25H,1-2H3/t21-,22+,23-,25+,27-/m0/s1. The first-order valence-corrected chi connectivity index (χ1v) is 13.2. The molecule has 1 fully saturated rings. The molecule has 2 aliphatic rings. The first-order valence-electron chi connectivity index (χ1n) is 11.7. The average molecular weight is 528 g/mol. The molecule has 37 heavy (non-hydrogen) atoms. The summed E-state index contributed by atoms with van der Waals surface area (Å²) < 4.78 is 78.4. The minimum atomic E-state index is -5.01. The fourth-order valence-electron chi connectivity index (χ4n) is 5.85. The minimum Gasteiger partial charge on any atom is -0.469 e. The zero-order valence-electron chi connectivity index (χ0n) is 20.0. The molecule has 0 aromatic heterocycles. The van der Waals surface area contributed by atoms with E-state index in [0.29, 0.717) is 5.56 Å². The van der Waals surface area contributed by atoms with E-state index < -0.39 is 50.5 Å². The number of rotatable bonds is 5. The van der Waals surface area contributed by atoms with Crippen molar-refractivity contribution in [2.75, 3.05) is 7.11 Å². The van der Waals surface area contributed by atoms with E-state index in [4.69, 9.17) is 4.74 Å². The third kappa shape index (κ3) is 3.70. The number of fused-ring (bicyclic) bond motifs is 1. The number of alkyl halides is 3. The molecule has 1 aliphatic heterocycles. The molecule has 5 nitrogen and oxygen atoms in total. The van der Waals surface area contributed by atoms with Crippen LogP contribution in [-0.2, 0) is 19.4 Å². The summed E-state index contributed by atoms with van der Waals surface area (Å²) in [4.78, 5) is 17.0. The van der Waals surface area contributed by atoms with Crippen molar-refractivity contribution in [3.63, 3.8) is 0 Å².